The lowest BCUT2D eigenvalue weighted by Crippen LogP contribution is -2.01. The van der Waals surface area contributed by atoms with E-state index in [0.717, 1.165) is 29.9 Å². The summed E-state index contributed by atoms with van der Waals surface area (Å²) in [5, 5.41) is 0.859. The SMILES string of the molecule is Fc1cccc2cc(CCC(Br)C3CC3)oc12. The number of rotatable bonds is 4. The molecule has 1 heterocycles. The number of hydrogen-bond donors (Lipinski definition) is 0. The summed E-state index contributed by atoms with van der Waals surface area (Å²) in [5.41, 5.74) is 0.389. The fourth-order valence-electron chi connectivity index (χ4n) is 2.18. The fraction of sp³-hybridized carbons (Fsp3) is 0.429. The van der Waals surface area contributed by atoms with Crippen molar-refractivity contribution in [3.63, 3.8) is 0 Å². The molecule has 0 saturated heterocycles. The third kappa shape index (κ3) is 2.39. The van der Waals surface area contributed by atoms with Gasteiger partial charge in [0.15, 0.2) is 11.4 Å². The molecule has 1 aromatic carbocycles. The maximum absolute atomic E-state index is 13.4. The average molecular weight is 297 g/mol. The molecule has 1 saturated carbocycles. The van der Waals surface area contributed by atoms with Crippen molar-refractivity contribution in [2.24, 2.45) is 5.92 Å². The highest BCUT2D eigenvalue weighted by molar-refractivity contribution is 9.09. The minimum absolute atomic E-state index is 0.272. The predicted molar refractivity (Wildman–Crippen MR) is 69.9 cm³/mol. The average Bonchev–Trinajstić information content (AvgIpc) is 3.07. The second-order valence-corrected chi connectivity index (χ2v) is 5.94. The first-order valence-electron chi connectivity index (χ1n) is 6.05. The predicted octanol–water partition coefficient (Wildman–Crippen LogP) is 4.68. The van der Waals surface area contributed by atoms with Crippen LogP contribution in [0.4, 0.5) is 4.39 Å². The third-order valence-electron chi connectivity index (χ3n) is 3.35. The van der Waals surface area contributed by atoms with E-state index in [-0.39, 0.29) is 5.82 Å². The van der Waals surface area contributed by atoms with Gasteiger partial charge in [0.1, 0.15) is 5.76 Å². The Morgan fingerprint density at radius 2 is 2.24 bits per heavy atom. The van der Waals surface area contributed by atoms with Crippen molar-refractivity contribution in [1.29, 1.82) is 0 Å². The Morgan fingerprint density at radius 3 is 2.94 bits per heavy atom. The van der Waals surface area contributed by atoms with Gasteiger partial charge in [0.05, 0.1) is 0 Å². The van der Waals surface area contributed by atoms with E-state index < -0.39 is 0 Å². The van der Waals surface area contributed by atoms with Crippen molar-refractivity contribution < 1.29 is 8.81 Å². The van der Waals surface area contributed by atoms with Crippen LogP contribution in [0, 0.1) is 11.7 Å². The molecule has 2 aromatic rings. The van der Waals surface area contributed by atoms with Gasteiger partial charge in [-0.05, 0) is 37.3 Å². The number of halogens is 2. The lowest BCUT2D eigenvalue weighted by Gasteiger charge is -2.05. The van der Waals surface area contributed by atoms with Crippen LogP contribution in [0.5, 0.6) is 0 Å². The summed E-state index contributed by atoms with van der Waals surface area (Å²) in [6.07, 6.45) is 4.61. The largest absolute Gasteiger partial charge is 0.458 e. The van der Waals surface area contributed by atoms with Crippen LogP contribution in [0.15, 0.2) is 28.7 Å². The second kappa shape index (κ2) is 4.45. The van der Waals surface area contributed by atoms with Gasteiger partial charge in [-0.25, -0.2) is 4.39 Å². The Balaban J connectivity index is 1.74. The lowest BCUT2D eigenvalue weighted by molar-refractivity contribution is 0.507. The third-order valence-corrected chi connectivity index (χ3v) is 4.55. The second-order valence-electron chi connectivity index (χ2n) is 4.76. The van der Waals surface area contributed by atoms with Gasteiger partial charge < -0.3 is 4.42 Å². The highest BCUT2D eigenvalue weighted by Crippen LogP contribution is 2.38. The Bertz CT molecular complexity index is 530. The normalized spacial score (nSPS) is 17.5. The van der Waals surface area contributed by atoms with Crippen molar-refractivity contribution in [3.8, 4) is 0 Å². The first kappa shape index (κ1) is 11.3. The van der Waals surface area contributed by atoms with Crippen LogP contribution in [0.25, 0.3) is 11.0 Å². The van der Waals surface area contributed by atoms with Crippen LogP contribution in [-0.4, -0.2) is 4.83 Å². The first-order valence-corrected chi connectivity index (χ1v) is 6.96. The fourth-order valence-corrected chi connectivity index (χ4v) is 2.94. The van der Waals surface area contributed by atoms with E-state index in [2.05, 4.69) is 15.9 Å². The molecule has 1 unspecified atom stereocenters. The highest BCUT2D eigenvalue weighted by atomic mass is 79.9. The molecule has 17 heavy (non-hydrogen) atoms. The lowest BCUT2D eigenvalue weighted by atomic mass is 10.1. The minimum atomic E-state index is -0.272. The number of aryl methyl sites for hydroxylation is 1. The molecule has 0 aliphatic heterocycles. The van der Waals surface area contributed by atoms with Crippen LogP contribution in [0.1, 0.15) is 25.0 Å². The summed E-state index contributed by atoms with van der Waals surface area (Å²) in [6, 6.07) is 6.99. The quantitative estimate of drug-likeness (QED) is 0.747. The molecule has 1 nitrogen and oxygen atoms in total. The van der Waals surface area contributed by atoms with Gasteiger partial charge in [0.2, 0.25) is 0 Å². The molecule has 1 aliphatic carbocycles. The zero-order chi connectivity index (χ0) is 11.8. The van der Waals surface area contributed by atoms with E-state index >= 15 is 0 Å². The Hall–Kier alpha value is -0.830. The van der Waals surface area contributed by atoms with Gasteiger partial charge in [-0.2, -0.15) is 0 Å². The Kier molecular flexibility index (Phi) is 2.95. The van der Waals surface area contributed by atoms with E-state index in [1.807, 2.05) is 12.1 Å². The number of hydrogen-bond acceptors (Lipinski definition) is 1. The molecular weight excluding hydrogens is 283 g/mol. The van der Waals surface area contributed by atoms with Crippen LogP contribution < -0.4 is 0 Å². The van der Waals surface area contributed by atoms with Crippen molar-refractivity contribution in [3.05, 3.63) is 35.8 Å². The van der Waals surface area contributed by atoms with Crippen LogP contribution in [0.2, 0.25) is 0 Å². The summed E-state index contributed by atoms with van der Waals surface area (Å²) in [5.74, 6) is 1.46. The smallest absolute Gasteiger partial charge is 0.169 e. The minimum Gasteiger partial charge on any atom is -0.458 e. The van der Waals surface area contributed by atoms with Gasteiger partial charge in [0.25, 0.3) is 0 Å². The van der Waals surface area contributed by atoms with E-state index in [1.165, 1.54) is 18.9 Å². The topological polar surface area (TPSA) is 13.1 Å². The summed E-state index contributed by atoms with van der Waals surface area (Å²) < 4.78 is 19.0. The summed E-state index contributed by atoms with van der Waals surface area (Å²) in [4.78, 5) is 0.584. The first-order chi connectivity index (χ1) is 8.24. The molecule has 1 aromatic heterocycles. The molecule has 3 heteroatoms. The van der Waals surface area contributed by atoms with Crippen molar-refractivity contribution in [2.75, 3.05) is 0 Å². The van der Waals surface area contributed by atoms with Crippen molar-refractivity contribution in [2.45, 2.75) is 30.5 Å². The summed E-state index contributed by atoms with van der Waals surface area (Å²) in [7, 11) is 0. The number of fused-ring (bicyclic) bond motifs is 1. The van der Waals surface area contributed by atoms with Gasteiger partial charge in [-0.3, -0.25) is 0 Å². The maximum atomic E-state index is 13.4. The molecule has 0 radical (unpaired) electrons. The molecule has 1 fully saturated rings. The zero-order valence-corrected chi connectivity index (χ0v) is 11.0. The van der Waals surface area contributed by atoms with E-state index in [9.17, 15) is 4.39 Å². The van der Waals surface area contributed by atoms with Gasteiger partial charge in [-0.15, -0.1) is 0 Å². The zero-order valence-electron chi connectivity index (χ0n) is 9.46. The summed E-state index contributed by atoms with van der Waals surface area (Å²) in [6.45, 7) is 0. The number of furan rings is 1. The molecule has 0 amide bonds. The number of benzene rings is 1. The Morgan fingerprint density at radius 1 is 1.41 bits per heavy atom. The molecule has 1 aliphatic rings. The highest BCUT2D eigenvalue weighted by Gasteiger charge is 2.29. The molecule has 1 atom stereocenters. The number of alkyl halides is 1. The van der Waals surface area contributed by atoms with Gasteiger partial charge >= 0.3 is 0 Å². The molecule has 0 bridgehead atoms. The van der Waals surface area contributed by atoms with Crippen molar-refractivity contribution in [1.82, 2.24) is 0 Å². The standard InChI is InChI=1S/C14H14BrFO/c15-12(9-4-5-9)7-6-11-8-10-2-1-3-13(16)14(10)17-11/h1-3,8-9,12H,4-7H2. The van der Waals surface area contributed by atoms with Crippen LogP contribution in [0.3, 0.4) is 0 Å². The van der Waals surface area contributed by atoms with Crippen LogP contribution in [-0.2, 0) is 6.42 Å². The van der Waals surface area contributed by atoms with Gasteiger partial charge in [-0.1, -0.05) is 28.1 Å². The maximum Gasteiger partial charge on any atom is 0.169 e. The molecular formula is C14H14BrFO. The summed E-state index contributed by atoms with van der Waals surface area (Å²) >= 11 is 3.70. The molecule has 0 spiro atoms. The molecule has 90 valence electrons. The monoisotopic (exact) mass is 296 g/mol. The van der Waals surface area contributed by atoms with Crippen LogP contribution >= 0.6 is 15.9 Å². The Labute approximate surface area is 108 Å². The number of para-hydroxylation sites is 1. The van der Waals surface area contributed by atoms with Gasteiger partial charge in [0, 0.05) is 16.6 Å². The van der Waals surface area contributed by atoms with E-state index in [0.29, 0.717) is 10.4 Å². The van der Waals surface area contributed by atoms with E-state index in [1.54, 1.807) is 6.07 Å². The molecule has 3 rings (SSSR count). The van der Waals surface area contributed by atoms with E-state index in [4.69, 9.17) is 4.42 Å². The molecule has 0 N–H and O–H groups in total. The van der Waals surface area contributed by atoms with Crippen molar-refractivity contribution >= 4 is 26.9 Å².